The third-order valence-electron chi connectivity index (χ3n) is 7.48. The fourth-order valence-corrected chi connectivity index (χ4v) is 8.89. The summed E-state index contributed by atoms with van der Waals surface area (Å²) in [6.45, 7) is 12.5. The third-order valence-corrected chi connectivity index (χ3v) is 9.51. The molecule has 1 spiro atoms. The van der Waals surface area contributed by atoms with Crippen LogP contribution in [-0.4, -0.2) is 26.6 Å². The average molecular weight is 345 g/mol. The topological polar surface area (TPSA) is 26.3 Å². The van der Waals surface area contributed by atoms with Gasteiger partial charge in [0.15, 0.2) is 5.78 Å². The van der Waals surface area contributed by atoms with Crippen LogP contribution in [0.3, 0.4) is 0 Å². The molecule has 0 amide bonds. The Morgan fingerprint density at radius 2 is 2.04 bits per heavy atom. The van der Waals surface area contributed by atoms with E-state index in [2.05, 4.69) is 45.6 Å². The Morgan fingerprint density at radius 1 is 1.29 bits per heavy atom. The van der Waals surface area contributed by atoms with Gasteiger partial charge in [0.2, 0.25) is 0 Å². The van der Waals surface area contributed by atoms with E-state index < -0.39 is 8.07 Å². The number of hydrogen-bond acceptors (Lipinski definition) is 2. The van der Waals surface area contributed by atoms with Gasteiger partial charge >= 0.3 is 0 Å². The molecule has 0 bridgehead atoms. The van der Waals surface area contributed by atoms with Crippen molar-refractivity contribution >= 4 is 13.9 Å². The van der Waals surface area contributed by atoms with E-state index in [0.717, 1.165) is 38.7 Å². The number of carbonyl (C=O) groups excluding carboxylic acids is 1. The van der Waals surface area contributed by atoms with E-state index in [9.17, 15) is 4.79 Å². The molecule has 2 fully saturated rings. The van der Waals surface area contributed by atoms with Crippen LogP contribution in [0.25, 0.3) is 0 Å². The summed E-state index contributed by atoms with van der Waals surface area (Å²) in [5.74, 6) is 1.28. The molecule has 5 atom stereocenters. The van der Waals surface area contributed by atoms with Crippen LogP contribution in [-0.2, 0) is 9.53 Å². The molecule has 1 aliphatic heterocycles. The Balaban J connectivity index is 2.00. The van der Waals surface area contributed by atoms with Crippen molar-refractivity contribution in [3.63, 3.8) is 0 Å². The van der Waals surface area contributed by atoms with Crippen LogP contribution in [0.2, 0.25) is 19.6 Å². The maximum absolute atomic E-state index is 14.0. The first kappa shape index (κ1) is 16.8. The zero-order valence-electron chi connectivity index (χ0n) is 15.9. The number of hydrogen-bond donors (Lipinski definition) is 0. The second-order valence-electron chi connectivity index (χ2n) is 9.52. The number of rotatable bonds is 4. The van der Waals surface area contributed by atoms with Gasteiger partial charge in [-0.25, -0.2) is 0 Å². The van der Waals surface area contributed by atoms with Crippen molar-refractivity contribution in [2.24, 2.45) is 22.7 Å². The van der Waals surface area contributed by atoms with Gasteiger partial charge in [0.05, 0.1) is 26.2 Å². The Hall–Kier alpha value is -0.673. The molecule has 0 N–H and O–H groups in total. The number of ether oxygens (including phenoxy) is 1. The van der Waals surface area contributed by atoms with Crippen molar-refractivity contribution in [1.82, 2.24) is 0 Å². The summed E-state index contributed by atoms with van der Waals surface area (Å²) in [7, 11) is -1.67. The minimum absolute atomic E-state index is 0.00301. The highest BCUT2D eigenvalue weighted by Gasteiger charge is 2.75. The molecule has 1 heterocycles. The molecule has 0 radical (unpaired) electrons. The van der Waals surface area contributed by atoms with Crippen LogP contribution >= 0.6 is 0 Å². The van der Waals surface area contributed by atoms with Crippen molar-refractivity contribution in [3.05, 3.63) is 22.9 Å². The van der Waals surface area contributed by atoms with Crippen molar-refractivity contribution < 1.29 is 9.53 Å². The van der Waals surface area contributed by atoms with Crippen LogP contribution in [0.5, 0.6) is 0 Å². The van der Waals surface area contributed by atoms with Crippen LogP contribution < -0.4 is 0 Å². The third kappa shape index (κ3) is 1.68. The van der Waals surface area contributed by atoms with E-state index in [-0.39, 0.29) is 16.9 Å². The molecule has 1 saturated heterocycles. The van der Waals surface area contributed by atoms with Crippen LogP contribution in [0.15, 0.2) is 22.9 Å². The van der Waals surface area contributed by atoms with Gasteiger partial charge in [0.25, 0.3) is 0 Å². The van der Waals surface area contributed by atoms with Gasteiger partial charge < -0.3 is 4.74 Å². The van der Waals surface area contributed by atoms with Crippen LogP contribution in [0.1, 0.15) is 46.0 Å². The Kier molecular flexibility index (Phi) is 3.61. The molecule has 2 nitrogen and oxygen atoms in total. The zero-order chi connectivity index (χ0) is 17.3. The molecule has 4 aliphatic rings. The van der Waals surface area contributed by atoms with Crippen molar-refractivity contribution in [3.8, 4) is 0 Å². The largest absolute Gasteiger partial charge is 0.377 e. The lowest BCUT2D eigenvalue weighted by atomic mass is 9.48. The summed E-state index contributed by atoms with van der Waals surface area (Å²) in [6, 6.07) is 0. The molecule has 3 aliphatic carbocycles. The average Bonchev–Trinajstić information content (AvgIpc) is 3.10. The second kappa shape index (κ2) is 5.17. The van der Waals surface area contributed by atoms with E-state index >= 15 is 0 Å². The summed E-state index contributed by atoms with van der Waals surface area (Å²) >= 11 is 0. The molecule has 4 rings (SSSR count). The zero-order valence-corrected chi connectivity index (χ0v) is 16.9. The van der Waals surface area contributed by atoms with Gasteiger partial charge in [-0.05, 0) is 30.4 Å². The summed E-state index contributed by atoms with van der Waals surface area (Å²) < 4.78 is 6.34. The maximum atomic E-state index is 14.0. The van der Waals surface area contributed by atoms with E-state index in [4.69, 9.17) is 4.74 Å². The van der Waals surface area contributed by atoms with Crippen molar-refractivity contribution in [2.75, 3.05) is 6.61 Å². The lowest BCUT2D eigenvalue weighted by molar-refractivity contribution is -0.137. The highest BCUT2D eigenvalue weighted by molar-refractivity contribution is 6.87. The Morgan fingerprint density at radius 3 is 2.71 bits per heavy atom. The predicted octanol–water partition coefficient (Wildman–Crippen LogP) is 4.92. The van der Waals surface area contributed by atoms with Gasteiger partial charge in [-0.2, -0.15) is 0 Å². The first-order valence-corrected chi connectivity index (χ1v) is 13.4. The lowest BCUT2D eigenvalue weighted by Gasteiger charge is -2.52. The monoisotopic (exact) mass is 344 g/mol. The minimum atomic E-state index is -1.67. The van der Waals surface area contributed by atoms with E-state index in [1.165, 1.54) is 5.20 Å². The molecular weight excluding hydrogens is 312 g/mol. The summed E-state index contributed by atoms with van der Waals surface area (Å²) in [5.41, 5.74) is 1.33. The van der Waals surface area contributed by atoms with Gasteiger partial charge in [-0.3, -0.25) is 4.79 Å². The quantitative estimate of drug-likeness (QED) is 0.534. The summed E-state index contributed by atoms with van der Waals surface area (Å²) in [5, 5.41) is 1.30. The molecule has 0 unspecified atom stereocenters. The molecule has 0 aromatic heterocycles. The van der Waals surface area contributed by atoms with Crippen molar-refractivity contribution in [1.29, 1.82) is 0 Å². The summed E-state index contributed by atoms with van der Waals surface area (Å²) in [6.07, 6.45) is 10.6. The van der Waals surface area contributed by atoms with Gasteiger partial charge in [-0.15, -0.1) is 0 Å². The van der Waals surface area contributed by atoms with Crippen molar-refractivity contribution in [2.45, 2.75) is 71.7 Å². The van der Waals surface area contributed by atoms with Crippen LogP contribution in [0, 0.1) is 22.7 Å². The molecule has 0 aromatic rings. The first-order chi connectivity index (χ1) is 11.3. The fraction of sp³-hybridized carbons (Fsp3) is 0.762. The number of carbonyl (C=O) groups is 1. The number of Topliss-reactive ketones (excluding diaryl/α,β-unsaturated/α-hetero) is 1. The molecular formula is C21H32O2Si. The standard InChI is InChI=1S/C21H32O2Si/c1-6-7-12-20-14(2)8-9-15-13-23-17-11-10-16(21(15,17)20)18(19(20)22)24(3,4)5/h8-9,14-15,17H,6-7,10-13H2,1-5H3/t14-,15-,17-,20+,21-/m1/s1. The van der Waals surface area contributed by atoms with Crippen LogP contribution in [0.4, 0.5) is 0 Å². The number of ketones is 1. The van der Waals surface area contributed by atoms with E-state index in [0.29, 0.717) is 17.6 Å². The Bertz CT molecular complexity index is 641. The van der Waals surface area contributed by atoms with Gasteiger partial charge in [0.1, 0.15) is 0 Å². The highest BCUT2D eigenvalue weighted by Crippen LogP contribution is 2.74. The number of allylic oxidation sites excluding steroid dienone is 2. The smallest absolute Gasteiger partial charge is 0.162 e. The van der Waals surface area contributed by atoms with Gasteiger partial charge in [-0.1, -0.05) is 64.1 Å². The molecule has 0 aromatic carbocycles. The first-order valence-electron chi connectivity index (χ1n) is 9.90. The highest BCUT2D eigenvalue weighted by atomic mass is 28.3. The maximum Gasteiger partial charge on any atom is 0.162 e. The molecule has 1 saturated carbocycles. The summed E-state index contributed by atoms with van der Waals surface area (Å²) in [4.78, 5) is 14.0. The SMILES string of the molecule is CCCC[C@@]12C(=O)C([Si](C)(C)C)=C3CC[C@H]4OC[C@@H](C=C[C@H]1C)[C@@]342. The minimum Gasteiger partial charge on any atom is -0.377 e. The second-order valence-corrected chi connectivity index (χ2v) is 14.5. The number of unbranched alkanes of at least 4 members (excludes halogenated alkanes) is 1. The molecule has 24 heavy (non-hydrogen) atoms. The lowest BCUT2D eigenvalue weighted by Crippen LogP contribution is -2.55. The van der Waals surface area contributed by atoms with Gasteiger partial charge in [0, 0.05) is 11.3 Å². The fourth-order valence-electron chi connectivity index (χ4n) is 6.75. The normalized spacial score (nSPS) is 43.5. The molecule has 132 valence electrons. The van der Waals surface area contributed by atoms with E-state index in [1.807, 2.05) is 0 Å². The van der Waals surface area contributed by atoms with E-state index in [1.54, 1.807) is 5.57 Å². The molecule has 3 heteroatoms. The predicted molar refractivity (Wildman–Crippen MR) is 101 cm³/mol. The Labute approximate surface area is 147 Å².